The highest BCUT2D eigenvalue weighted by Gasteiger charge is 2.06. The predicted molar refractivity (Wildman–Crippen MR) is 79.6 cm³/mol. The Morgan fingerprint density at radius 2 is 1.89 bits per heavy atom. The van der Waals surface area contributed by atoms with Crippen LogP contribution in [0.4, 0.5) is 17.3 Å². The summed E-state index contributed by atoms with van der Waals surface area (Å²) in [6, 6.07) is 9.57. The highest BCUT2D eigenvalue weighted by molar-refractivity contribution is 7.98. The van der Waals surface area contributed by atoms with Gasteiger partial charge in [-0.15, -0.1) is 0 Å². The third-order valence-electron chi connectivity index (χ3n) is 2.51. The van der Waals surface area contributed by atoms with E-state index in [0.717, 1.165) is 23.1 Å². The van der Waals surface area contributed by atoms with Crippen molar-refractivity contribution in [2.75, 3.05) is 31.0 Å². The van der Waals surface area contributed by atoms with Crippen molar-refractivity contribution >= 4 is 29.1 Å². The van der Waals surface area contributed by atoms with Gasteiger partial charge in [-0.2, -0.15) is 0 Å². The molecule has 2 N–H and O–H groups in total. The fraction of sp³-hybridized carbons (Fsp3) is 0.231. The quantitative estimate of drug-likeness (QED) is 0.646. The maximum atomic E-state index is 5.30. The molecule has 1 aromatic carbocycles. The number of ether oxygens (including phenoxy) is 1. The van der Waals surface area contributed by atoms with Crippen LogP contribution in [0.3, 0.4) is 0 Å². The van der Waals surface area contributed by atoms with E-state index in [-0.39, 0.29) is 0 Å². The molecular weight excluding hydrogens is 260 g/mol. The third kappa shape index (κ3) is 3.29. The van der Waals surface area contributed by atoms with Crippen LogP contribution in [0, 0.1) is 0 Å². The highest BCUT2D eigenvalue weighted by atomic mass is 32.2. The first-order valence-electron chi connectivity index (χ1n) is 5.77. The van der Waals surface area contributed by atoms with Gasteiger partial charge in [0, 0.05) is 13.1 Å². The molecule has 0 aliphatic rings. The lowest BCUT2D eigenvalue weighted by molar-refractivity contribution is 0.417. The predicted octanol–water partition coefficient (Wildman–Crippen LogP) is 2.99. The topological polar surface area (TPSA) is 59.1 Å². The van der Waals surface area contributed by atoms with E-state index in [1.54, 1.807) is 7.11 Å². The minimum absolute atomic E-state index is 0.712. The number of hydrogen-bond donors (Lipinski definition) is 2. The summed E-state index contributed by atoms with van der Waals surface area (Å²) in [4.78, 5) is 8.74. The standard InChI is InChI=1S/C13H16N4OS/c1-14-11-8-12(17-13(16-11)19-3)15-9-6-4-5-7-10(9)18-2/h4-8H,1-3H3,(H2,14,15,16,17). The minimum atomic E-state index is 0.712. The van der Waals surface area contributed by atoms with Crippen LogP contribution in [0.1, 0.15) is 0 Å². The number of methoxy groups -OCH3 is 1. The van der Waals surface area contributed by atoms with E-state index in [4.69, 9.17) is 4.74 Å². The smallest absolute Gasteiger partial charge is 0.191 e. The average Bonchev–Trinajstić information content (AvgIpc) is 2.47. The number of rotatable bonds is 5. The summed E-state index contributed by atoms with van der Waals surface area (Å²) in [5, 5.41) is 6.98. The molecule has 0 amide bonds. The Balaban J connectivity index is 2.32. The Morgan fingerprint density at radius 3 is 2.58 bits per heavy atom. The summed E-state index contributed by atoms with van der Waals surface area (Å²) in [7, 11) is 3.48. The van der Waals surface area contributed by atoms with Gasteiger partial charge in [-0.05, 0) is 18.4 Å². The van der Waals surface area contributed by atoms with Crippen LogP contribution in [0.2, 0.25) is 0 Å². The van der Waals surface area contributed by atoms with Crippen molar-refractivity contribution in [2.45, 2.75) is 5.16 Å². The molecule has 0 atom stereocenters. The van der Waals surface area contributed by atoms with Gasteiger partial charge in [-0.3, -0.25) is 0 Å². The number of benzene rings is 1. The summed E-state index contributed by atoms with van der Waals surface area (Å²) in [6.45, 7) is 0. The average molecular weight is 276 g/mol. The molecule has 0 bridgehead atoms. The molecule has 0 spiro atoms. The van der Waals surface area contributed by atoms with Gasteiger partial charge in [0.2, 0.25) is 0 Å². The second kappa shape index (κ2) is 6.29. The van der Waals surface area contributed by atoms with Crippen LogP contribution in [0.5, 0.6) is 5.75 Å². The lowest BCUT2D eigenvalue weighted by atomic mass is 10.3. The fourth-order valence-electron chi connectivity index (χ4n) is 1.59. The number of aromatic nitrogens is 2. The highest BCUT2D eigenvalue weighted by Crippen LogP contribution is 2.27. The van der Waals surface area contributed by atoms with Crippen molar-refractivity contribution in [1.29, 1.82) is 0 Å². The number of thioether (sulfide) groups is 1. The monoisotopic (exact) mass is 276 g/mol. The summed E-state index contributed by atoms with van der Waals surface area (Å²) in [6.07, 6.45) is 1.95. The molecule has 2 aromatic rings. The van der Waals surface area contributed by atoms with Gasteiger partial charge in [0.1, 0.15) is 17.4 Å². The van der Waals surface area contributed by atoms with Gasteiger partial charge in [-0.1, -0.05) is 23.9 Å². The van der Waals surface area contributed by atoms with Crippen molar-refractivity contribution in [3.8, 4) is 5.75 Å². The maximum absolute atomic E-state index is 5.30. The molecule has 6 heteroatoms. The summed E-state index contributed by atoms with van der Waals surface area (Å²) in [5.41, 5.74) is 0.873. The molecule has 0 unspecified atom stereocenters. The summed E-state index contributed by atoms with van der Waals surface area (Å²) >= 11 is 1.50. The molecule has 0 aliphatic carbocycles. The van der Waals surface area contributed by atoms with Gasteiger partial charge in [0.25, 0.3) is 0 Å². The van der Waals surface area contributed by atoms with Gasteiger partial charge >= 0.3 is 0 Å². The summed E-state index contributed by atoms with van der Waals surface area (Å²) in [5.74, 6) is 2.28. The first-order valence-corrected chi connectivity index (χ1v) is 7.00. The number of hydrogen-bond acceptors (Lipinski definition) is 6. The molecule has 100 valence electrons. The largest absolute Gasteiger partial charge is 0.495 e. The van der Waals surface area contributed by atoms with E-state index in [2.05, 4.69) is 20.6 Å². The van der Waals surface area contributed by atoms with Crippen LogP contribution in [0.25, 0.3) is 0 Å². The van der Waals surface area contributed by atoms with Crippen molar-refractivity contribution in [3.63, 3.8) is 0 Å². The van der Waals surface area contributed by atoms with Crippen LogP contribution >= 0.6 is 11.8 Å². The zero-order valence-corrected chi connectivity index (χ0v) is 11.9. The van der Waals surface area contributed by atoms with Crippen LogP contribution in [-0.4, -0.2) is 30.4 Å². The van der Waals surface area contributed by atoms with Gasteiger partial charge in [0.15, 0.2) is 5.16 Å². The number of para-hydroxylation sites is 2. The molecule has 0 saturated heterocycles. The van der Waals surface area contributed by atoms with Crippen molar-refractivity contribution < 1.29 is 4.74 Å². The Kier molecular flexibility index (Phi) is 4.46. The number of nitrogens with one attached hydrogen (secondary N) is 2. The Morgan fingerprint density at radius 1 is 1.16 bits per heavy atom. The number of nitrogens with zero attached hydrogens (tertiary/aromatic N) is 2. The van der Waals surface area contributed by atoms with Crippen LogP contribution in [0.15, 0.2) is 35.5 Å². The van der Waals surface area contributed by atoms with E-state index < -0.39 is 0 Å². The molecular formula is C13H16N4OS. The Hall–Kier alpha value is -1.95. The molecule has 0 saturated carbocycles. The molecule has 2 rings (SSSR count). The zero-order valence-electron chi connectivity index (χ0n) is 11.1. The number of anilines is 3. The van der Waals surface area contributed by atoms with Gasteiger partial charge < -0.3 is 15.4 Å². The summed E-state index contributed by atoms with van der Waals surface area (Å²) < 4.78 is 5.30. The molecule has 0 fully saturated rings. The third-order valence-corrected chi connectivity index (χ3v) is 3.06. The van der Waals surface area contributed by atoms with Crippen molar-refractivity contribution in [2.24, 2.45) is 0 Å². The molecule has 1 heterocycles. The normalized spacial score (nSPS) is 10.1. The molecule has 1 aromatic heterocycles. The molecule has 0 radical (unpaired) electrons. The van der Waals surface area contributed by atoms with Crippen LogP contribution in [-0.2, 0) is 0 Å². The molecule has 5 nitrogen and oxygen atoms in total. The second-order valence-corrected chi connectivity index (χ2v) is 4.47. The zero-order chi connectivity index (χ0) is 13.7. The van der Waals surface area contributed by atoms with Crippen LogP contribution < -0.4 is 15.4 Å². The first kappa shape index (κ1) is 13.5. The van der Waals surface area contributed by atoms with Gasteiger partial charge in [0.05, 0.1) is 12.8 Å². The van der Waals surface area contributed by atoms with E-state index in [0.29, 0.717) is 5.16 Å². The van der Waals surface area contributed by atoms with E-state index in [1.165, 1.54) is 11.8 Å². The van der Waals surface area contributed by atoms with Gasteiger partial charge in [-0.25, -0.2) is 9.97 Å². The van der Waals surface area contributed by atoms with E-state index in [9.17, 15) is 0 Å². The Bertz CT molecular complexity index is 540. The maximum Gasteiger partial charge on any atom is 0.191 e. The lowest BCUT2D eigenvalue weighted by Crippen LogP contribution is -2.01. The fourth-order valence-corrected chi connectivity index (χ4v) is 1.97. The van der Waals surface area contributed by atoms with Crippen molar-refractivity contribution in [3.05, 3.63) is 30.3 Å². The molecule has 0 aliphatic heterocycles. The van der Waals surface area contributed by atoms with Crippen molar-refractivity contribution in [1.82, 2.24) is 9.97 Å². The first-order chi connectivity index (χ1) is 9.26. The Labute approximate surface area is 116 Å². The minimum Gasteiger partial charge on any atom is -0.495 e. The SMILES string of the molecule is CNc1cc(Nc2ccccc2OC)nc(SC)n1. The van der Waals surface area contributed by atoms with E-state index >= 15 is 0 Å². The lowest BCUT2D eigenvalue weighted by Gasteiger charge is -2.11. The second-order valence-electron chi connectivity index (χ2n) is 3.70. The molecule has 19 heavy (non-hydrogen) atoms. The van der Waals surface area contributed by atoms with E-state index in [1.807, 2.05) is 43.6 Å².